The van der Waals surface area contributed by atoms with Crippen LogP contribution in [0.25, 0.3) is 0 Å². The van der Waals surface area contributed by atoms with E-state index < -0.39 is 10.0 Å². The summed E-state index contributed by atoms with van der Waals surface area (Å²) in [5, 5.41) is 10.9. The minimum absolute atomic E-state index is 0.172. The highest BCUT2D eigenvalue weighted by Gasteiger charge is 2.17. The number of nitrogens with one attached hydrogen (secondary N) is 1. The van der Waals surface area contributed by atoms with Crippen molar-refractivity contribution in [2.75, 3.05) is 0 Å². The standard InChI is InChI=1S/C11H14N2O3S2/c1-13-7-11(5-9(13)8-14)18(15,16)12-6-10-3-2-4-17-10/h2-5,7,12,14H,6,8H2,1H3. The Labute approximate surface area is 110 Å². The number of thiophene rings is 1. The molecule has 2 aromatic heterocycles. The first-order valence-corrected chi connectivity index (χ1v) is 7.67. The van der Waals surface area contributed by atoms with Crippen LogP contribution in [0.5, 0.6) is 0 Å². The van der Waals surface area contributed by atoms with Gasteiger partial charge in [-0.3, -0.25) is 0 Å². The van der Waals surface area contributed by atoms with E-state index in [1.165, 1.54) is 23.6 Å². The molecule has 0 saturated heterocycles. The molecule has 0 unspecified atom stereocenters. The summed E-state index contributed by atoms with van der Waals surface area (Å²) in [6.45, 7) is 0.0975. The topological polar surface area (TPSA) is 71.3 Å². The van der Waals surface area contributed by atoms with Gasteiger partial charge in [-0.2, -0.15) is 0 Å². The quantitative estimate of drug-likeness (QED) is 0.863. The minimum Gasteiger partial charge on any atom is -0.390 e. The lowest BCUT2D eigenvalue weighted by Crippen LogP contribution is -2.22. The fourth-order valence-electron chi connectivity index (χ4n) is 1.54. The Kier molecular flexibility index (Phi) is 3.86. The molecule has 0 spiro atoms. The molecule has 0 bridgehead atoms. The summed E-state index contributed by atoms with van der Waals surface area (Å²) in [5.74, 6) is 0. The number of aliphatic hydroxyl groups is 1. The van der Waals surface area contributed by atoms with Crippen LogP contribution in [-0.2, 0) is 30.2 Å². The van der Waals surface area contributed by atoms with Crippen LogP contribution in [-0.4, -0.2) is 18.1 Å². The van der Waals surface area contributed by atoms with Crippen molar-refractivity contribution in [3.8, 4) is 0 Å². The Morgan fingerprint density at radius 2 is 2.28 bits per heavy atom. The molecule has 98 valence electrons. The second-order valence-corrected chi connectivity index (χ2v) is 6.64. The zero-order valence-electron chi connectivity index (χ0n) is 9.83. The maximum atomic E-state index is 12.0. The van der Waals surface area contributed by atoms with Gasteiger partial charge in [-0.25, -0.2) is 13.1 Å². The fourth-order valence-corrected chi connectivity index (χ4v) is 3.38. The second kappa shape index (κ2) is 5.23. The number of nitrogens with zero attached hydrogens (tertiary/aromatic N) is 1. The van der Waals surface area contributed by atoms with Crippen molar-refractivity contribution < 1.29 is 13.5 Å². The maximum absolute atomic E-state index is 12.0. The summed E-state index contributed by atoms with van der Waals surface area (Å²) >= 11 is 1.50. The molecule has 0 aromatic carbocycles. The largest absolute Gasteiger partial charge is 0.390 e. The highest BCUT2D eigenvalue weighted by atomic mass is 32.2. The summed E-state index contributed by atoms with van der Waals surface area (Å²) in [5.41, 5.74) is 0.562. The van der Waals surface area contributed by atoms with Crippen molar-refractivity contribution in [1.82, 2.24) is 9.29 Å². The summed E-state index contributed by atoms with van der Waals surface area (Å²) in [7, 11) is -1.83. The van der Waals surface area contributed by atoms with Crippen LogP contribution in [0.15, 0.2) is 34.7 Å². The van der Waals surface area contributed by atoms with Crippen LogP contribution in [0.4, 0.5) is 0 Å². The molecule has 0 radical (unpaired) electrons. The summed E-state index contributed by atoms with van der Waals surface area (Å²) in [6, 6.07) is 5.22. The molecule has 0 aliphatic heterocycles. The number of hydrogen-bond donors (Lipinski definition) is 2. The molecular formula is C11H14N2O3S2. The molecule has 0 atom stereocenters. The first-order chi connectivity index (χ1) is 8.53. The van der Waals surface area contributed by atoms with Crippen LogP contribution in [0.1, 0.15) is 10.6 Å². The molecule has 0 saturated carbocycles. The summed E-state index contributed by atoms with van der Waals surface area (Å²) < 4.78 is 28.1. The molecule has 2 aromatic rings. The zero-order valence-corrected chi connectivity index (χ0v) is 11.5. The van der Waals surface area contributed by atoms with Crippen LogP contribution < -0.4 is 4.72 Å². The highest BCUT2D eigenvalue weighted by Crippen LogP contribution is 2.15. The lowest BCUT2D eigenvalue weighted by Gasteiger charge is -2.02. The van der Waals surface area contributed by atoms with E-state index in [9.17, 15) is 8.42 Å². The van der Waals surface area contributed by atoms with Gasteiger partial charge in [-0.15, -0.1) is 11.3 Å². The van der Waals surface area contributed by atoms with Gasteiger partial charge in [0.25, 0.3) is 0 Å². The van der Waals surface area contributed by atoms with Crippen molar-refractivity contribution in [2.45, 2.75) is 18.0 Å². The number of sulfonamides is 1. The van der Waals surface area contributed by atoms with Crippen LogP contribution in [0, 0.1) is 0 Å². The van der Waals surface area contributed by atoms with Gasteiger partial charge in [-0.05, 0) is 17.5 Å². The number of aryl methyl sites for hydroxylation is 1. The second-order valence-electron chi connectivity index (χ2n) is 3.84. The summed E-state index contributed by atoms with van der Waals surface area (Å²) in [6.07, 6.45) is 1.49. The Morgan fingerprint density at radius 1 is 1.50 bits per heavy atom. The number of aromatic nitrogens is 1. The maximum Gasteiger partial charge on any atom is 0.242 e. The first kappa shape index (κ1) is 13.3. The van der Waals surface area contributed by atoms with Crippen molar-refractivity contribution in [1.29, 1.82) is 0 Å². The van der Waals surface area contributed by atoms with E-state index in [1.807, 2.05) is 17.5 Å². The molecule has 2 N–H and O–H groups in total. The van der Waals surface area contributed by atoms with E-state index >= 15 is 0 Å². The third-order valence-corrected chi connectivity index (χ3v) is 4.82. The molecule has 2 heterocycles. The van der Waals surface area contributed by atoms with Gasteiger partial charge >= 0.3 is 0 Å². The van der Waals surface area contributed by atoms with Crippen molar-refractivity contribution >= 4 is 21.4 Å². The van der Waals surface area contributed by atoms with Crippen LogP contribution in [0.2, 0.25) is 0 Å². The van der Waals surface area contributed by atoms with Gasteiger partial charge in [0.15, 0.2) is 0 Å². The zero-order chi connectivity index (χ0) is 13.2. The van der Waals surface area contributed by atoms with E-state index in [0.29, 0.717) is 5.69 Å². The summed E-state index contributed by atoms with van der Waals surface area (Å²) in [4.78, 5) is 1.13. The third kappa shape index (κ3) is 2.81. The SMILES string of the molecule is Cn1cc(S(=O)(=O)NCc2cccs2)cc1CO. The van der Waals surface area contributed by atoms with Gasteiger partial charge < -0.3 is 9.67 Å². The molecular weight excluding hydrogens is 272 g/mol. The van der Waals surface area contributed by atoms with Crippen LogP contribution >= 0.6 is 11.3 Å². The number of hydrogen-bond acceptors (Lipinski definition) is 4. The van der Waals surface area contributed by atoms with E-state index in [4.69, 9.17) is 5.11 Å². The van der Waals surface area contributed by atoms with Gasteiger partial charge in [0, 0.05) is 30.4 Å². The molecule has 0 amide bonds. The fraction of sp³-hybridized carbons (Fsp3) is 0.273. The molecule has 0 fully saturated rings. The van der Waals surface area contributed by atoms with E-state index in [0.717, 1.165) is 4.88 Å². The van der Waals surface area contributed by atoms with E-state index in [-0.39, 0.29) is 18.0 Å². The van der Waals surface area contributed by atoms with Gasteiger partial charge in [0.1, 0.15) is 0 Å². The predicted molar refractivity (Wildman–Crippen MR) is 69.7 cm³/mol. The Bertz CT molecular complexity index is 615. The Morgan fingerprint density at radius 3 is 2.83 bits per heavy atom. The molecule has 5 nitrogen and oxygen atoms in total. The normalized spacial score (nSPS) is 11.9. The molecule has 0 aliphatic carbocycles. The van der Waals surface area contributed by atoms with E-state index in [1.54, 1.807) is 11.6 Å². The van der Waals surface area contributed by atoms with Gasteiger partial charge in [-0.1, -0.05) is 6.07 Å². The number of aliphatic hydroxyl groups excluding tert-OH is 1. The smallest absolute Gasteiger partial charge is 0.242 e. The van der Waals surface area contributed by atoms with Crippen LogP contribution in [0.3, 0.4) is 0 Å². The Hall–Kier alpha value is -1.15. The van der Waals surface area contributed by atoms with Crippen molar-refractivity contribution in [3.05, 3.63) is 40.3 Å². The average molecular weight is 286 g/mol. The van der Waals surface area contributed by atoms with Crippen molar-refractivity contribution in [2.24, 2.45) is 7.05 Å². The first-order valence-electron chi connectivity index (χ1n) is 5.31. The highest BCUT2D eigenvalue weighted by molar-refractivity contribution is 7.89. The minimum atomic E-state index is -3.52. The van der Waals surface area contributed by atoms with E-state index in [2.05, 4.69) is 4.72 Å². The third-order valence-electron chi connectivity index (χ3n) is 2.57. The van der Waals surface area contributed by atoms with Gasteiger partial charge in [0.05, 0.1) is 11.5 Å². The molecule has 2 rings (SSSR count). The average Bonchev–Trinajstić information content (AvgIpc) is 2.95. The monoisotopic (exact) mass is 286 g/mol. The van der Waals surface area contributed by atoms with Gasteiger partial charge in [0.2, 0.25) is 10.0 Å². The molecule has 0 aliphatic rings. The molecule has 7 heteroatoms. The predicted octanol–water partition coefficient (Wildman–Crippen LogP) is 1.06. The number of rotatable bonds is 5. The lowest BCUT2D eigenvalue weighted by atomic mass is 10.5. The lowest BCUT2D eigenvalue weighted by molar-refractivity contribution is 0.272. The molecule has 18 heavy (non-hydrogen) atoms. The Balaban J connectivity index is 2.14. The van der Waals surface area contributed by atoms with Crippen molar-refractivity contribution in [3.63, 3.8) is 0 Å².